The Kier molecular flexibility index (Phi) is 11.7. The van der Waals surface area contributed by atoms with Crippen molar-refractivity contribution in [2.24, 2.45) is 0 Å². The van der Waals surface area contributed by atoms with E-state index < -0.39 is 35.5 Å². The third kappa shape index (κ3) is 9.40. The second kappa shape index (κ2) is 16.4. The van der Waals surface area contributed by atoms with Gasteiger partial charge in [0.25, 0.3) is 5.91 Å². The van der Waals surface area contributed by atoms with Crippen molar-refractivity contribution >= 4 is 23.7 Å². The summed E-state index contributed by atoms with van der Waals surface area (Å²) in [5.74, 6) is -1.09. The third-order valence-electron chi connectivity index (χ3n) is 10.2. The zero-order valence-corrected chi connectivity index (χ0v) is 32.1. The van der Waals surface area contributed by atoms with E-state index in [1.807, 2.05) is 42.5 Å². The van der Waals surface area contributed by atoms with Gasteiger partial charge in [-0.05, 0) is 84.2 Å². The van der Waals surface area contributed by atoms with E-state index in [9.17, 15) is 23.9 Å². The van der Waals surface area contributed by atoms with Crippen LogP contribution in [0.2, 0.25) is 0 Å². The van der Waals surface area contributed by atoms with E-state index in [0.717, 1.165) is 16.7 Å². The Hall–Kier alpha value is -5.55. The number of nitrogens with one attached hydrogen (secondary N) is 1. The molecule has 0 radical (unpaired) electrons. The predicted molar refractivity (Wildman–Crippen MR) is 208 cm³/mol. The zero-order valence-electron chi connectivity index (χ0n) is 32.1. The number of carbonyl (C=O) groups is 3. The van der Waals surface area contributed by atoms with Gasteiger partial charge in [0.05, 0.1) is 24.2 Å². The minimum Gasteiger partial charge on any atom is -0.486 e. The summed E-state index contributed by atoms with van der Waals surface area (Å²) >= 11 is 0. The van der Waals surface area contributed by atoms with Crippen LogP contribution in [0, 0.1) is 12.7 Å². The number of rotatable bonds is 7. The highest BCUT2D eigenvalue weighted by atomic mass is 19.1. The Labute approximate surface area is 322 Å². The third-order valence-corrected chi connectivity index (χ3v) is 10.2. The lowest BCUT2D eigenvalue weighted by atomic mass is 9.85. The highest BCUT2D eigenvalue weighted by Gasteiger charge is 2.53. The maximum atomic E-state index is 14.9. The molecule has 3 amide bonds. The first-order chi connectivity index (χ1) is 26.2. The van der Waals surface area contributed by atoms with E-state index in [1.54, 1.807) is 42.2 Å². The van der Waals surface area contributed by atoms with E-state index in [-0.39, 0.29) is 61.2 Å². The summed E-state index contributed by atoms with van der Waals surface area (Å²) in [4.78, 5) is 48.5. The van der Waals surface area contributed by atoms with Crippen LogP contribution in [0.5, 0.6) is 5.75 Å². The molecule has 1 fully saturated rings. The number of ether oxygens (including phenoxy) is 2. The summed E-state index contributed by atoms with van der Waals surface area (Å²) in [6, 6.07) is 24.2. The van der Waals surface area contributed by atoms with Gasteiger partial charge in [0.15, 0.2) is 11.6 Å². The number of hydrogen-bond donors (Lipinski definition) is 2. The van der Waals surface area contributed by atoms with Crippen molar-refractivity contribution in [3.63, 3.8) is 0 Å². The van der Waals surface area contributed by atoms with Crippen molar-refractivity contribution in [3.8, 4) is 5.75 Å². The van der Waals surface area contributed by atoms with Crippen LogP contribution in [0.15, 0.2) is 97.1 Å². The quantitative estimate of drug-likeness (QED) is 0.193. The van der Waals surface area contributed by atoms with Gasteiger partial charge in [-0.15, -0.1) is 0 Å². The van der Waals surface area contributed by atoms with Crippen molar-refractivity contribution in [2.45, 2.75) is 83.6 Å². The second-order valence-corrected chi connectivity index (χ2v) is 15.4. The number of aliphatic hydroxyl groups excluding tert-OH is 1. The van der Waals surface area contributed by atoms with Crippen molar-refractivity contribution in [3.05, 3.63) is 136 Å². The van der Waals surface area contributed by atoms with E-state index in [0.29, 0.717) is 24.1 Å². The minimum atomic E-state index is -1.30. The van der Waals surface area contributed by atoms with Gasteiger partial charge in [0, 0.05) is 24.7 Å². The standard InChI is InChI=1S/C44H49FN4O6/c1-29-22-33-25-40(46-29)48(30(2)50)20-9-10-21-54-39-24-32(16-17-36(39)45)23-37(47-41(33)52)38(51)27-49(42(53)55-28-31-12-7-6-8-13-31)44(18-19-44)35-15-11-14-34(26-35)43(3,4)5/h6-17,22,24-26,37-38,51H,18-21,23,27-28H2,1-5H3,(H,47,52)/b10-9+/t37-,38+/m0/s1. The van der Waals surface area contributed by atoms with Crippen molar-refractivity contribution in [1.82, 2.24) is 15.2 Å². The molecule has 0 spiro atoms. The Bertz CT molecular complexity index is 2060. The van der Waals surface area contributed by atoms with Crippen LogP contribution in [0.1, 0.15) is 78.8 Å². The van der Waals surface area contributed by atoms with Crippen LogP contribution in [-0.2, 0) is 33.5 Å². The molecular weight excluding hydrogens is 700 g/mol. The molecule has 2 heterocycles. The number of aryl methyl sites for hydroxylation is 1. The molecule has 0 unspecified atom stereocenters. The van der Waals surface area contributed by atoms with Gasteiger partial charge < -0.3 is 19.9 Å². The van der Waals surface area contributed by atoms with Gasteiger partial charge in [-0.3, -0.25) is 19.4 Å². The lowest BCUT2D eigenvalue weighted by molar-refractivity contribution is -0.116. The molecule has 0 saturated heterocycles. The van der Waals surface area contributed by atoms with Crippen LogP contribution in [0.4, 0.5) is 15.0 Å². The number of amides is 3. The molecule has 288 valence electrons. The van der Waals surface area contributed by atoms with Gasteiger partial charge in [0.1, 0.15) is 19.0 Å². The van der Waals surface area contributed by atoms with E-state index in [4.69, 9.17) is 9.47 Å². The van der Waals surface area contributed by atoms with E-state index >= 15 is 0 Å². The first-order valence-corrected chi connectivity index (χ1v) is 18.6. The molecule has 1 saturated carbocycles. The molecule has 1 aliphatic carbocycles. The molecule has 1 aliphatic heterocycles. The maximum Gasteiger partial charge on any atom is 0.410 e. The van der Waals surface area contributed by atoms with Crippen LogP contribution < -0.4 is 15.0 Å². The molecule has 55 heavy (non-hydrogen) atoms. The topological polar surface area (TPSA) is 121 Å². The number of benzene rings is 3. The van der Waals surface area contributed by atoms with E-state index in [1.165, 1.54) is 24.0 Å². The number of pyridine rings is 1. The number of hydrogen-bond acceptors (Lipinski definition) is 7. The fraction of sp³-hybridized carbons (Fsp3) is 0.364. The number of nitrogens with zero attached hydrogens (tertiary/aromatic N) is 3. The summed E-state index contributed by atoms with van der Waals surface area (Å²) < 4.78 is 26.6. The number of aliphatic hydroxyl groups is 1. The van der Waals surface area contributed by atoms with E-state index in [2.05, 4.69) is 43.2 Å². The van der Waals surface area contributed by atoms with Gasteiger partial charge >= 0.3 is 6.09 Å². The number of anilines is 1. The molecule has 2 N–H and O–H groups in total. The van der Waals surface area contributed by atoms with Crippen molar-refractivity contribution in [1.29, 1.82) is 0 Å². The SMILES string of the molecule is CC(=O)N1C/C=C/COc2cc(ccc2F)C[C@@H]([C@H](O)CN(C(=O)OCc2ccccc2)C2(c3cccc(C(C)(C)C)c3)CC2)NC(=O)c2cc(C)nc1c2. The number of carbonyl (C=O) groups excluding carboxylic acids is 3. The smallest absolute Gasteiger partial charge is 0.410 e. The van der Waals surface area contributed by atoms with Crippen LogP contribution >= 0.6 is 0 Å². The monoisotopic (exact) mass is 748 g/mol. The number of fused-ring (bicyclic) bond motifs is 4. The number of aromatic nitrogens is 1. The Morgan fingerprint density at radius 3 is 2.53 bits per heavy atom. The highest BCUT2D eigenvalue weighted by molar-refractivity contribution is 5.97. The fourth-order valence-electron chi connectivity index (χ4n) is 6.91. The minimum absolute atomic E-state index is 0.00141. The van der Waals surface area contributed by atoms with Crippen LogP contribution in [0.3, 0.4) is 0 Å². The first kappa shape index (κ1) is 39.2. The van der Waals surface area contributed by atoms with Crippen LogP contribution in [0.25, 0.3) is 0 Å². The zero-order chi connectivity index (χ0) is 39.3. The molecule has 4 bridgehead atoms. The largest absolute Gasteiger partial charge is 0.486 e. The molecule has 11 heteroatoms. The summed E-state index contributed by atoms with van der Waals surface area (Å²) in [6.07, 6.45) is 2.89. The first-order valence-electron chi connectivity index (χ1n) is 18.6. The predicted octanol–water partition coefficient (Wildman–Crippen LogP) is 7.16. The lowest BCUT2D eigenvalue weighted by Gasteiger charge is -2.36. The molecular formula is C44H49FN4O6. The molecule has 6 rings (SSSR count). The Morgan fingerprint density at radius 1 is 1.05 bits per heavy atom. The number of halogens is 1. The summed E-state index contributed by atoms with van der Waals surface area (Å²) in [6.45, 7) is 9.59. The Balaban J connectivity index is 1.37. The van der Waals surface area contributed by atoms with Gasteiger partial charge in [-0.25, -0.2) is 14.2 Å². The molecule has 1 aromatic heterocycles. The Morgan fingerprint density at radius 2 is 1.82 bits per heavy atom. The molecule has 4 aromatic rings. The fourth-order valence-corrected chi connectivity index (χ4v) is 6.91. The molecule has 2 atom stereocenters. The molecule has 10 nitrogen and oxygen atoms in total. The molecule has 2 aliphatic rings. The summed E-state index contributed by atoms with van der Waals surface area (Å²) in [5, 5.41) is 15.2. The van der Waals surface area contributed by atoms with Gasteiger partial charge in [-0.1, -0.05) is 87.5 Å². The maximum absolute atomic E-state index is 14.9. The van der Waals surface area contributed by atoms with Crippen molar-refractivity contribution < 1.29 is 33.4 Å². The second-order valence-electron chi connectivity index (χ2n) is 15.4. The normalized spacial score (nSPS) is 18.0. The summed E-state index contributed by atoms with van der Waals surface area (Å²) in [5.41, 5.74) is 3.35. The molecule has 3 aromatic carbocycles. The van der Waals surface area contributed by atoms with Crippen molar-refractivity contribution in [2.75, 3.05) is 24.6 Å². The average molecular weight is 749 g/mol. The summed E-state index contributed by atoms with van der Waals surface area (Å²) in [7, 11) is 0. The van der Waals surface area contributed by atoms with Crippen LogP contribution in [-0.4, -0.2) is 64.7 Å². The van der Waals surface area contributed by atoms with Gasteiger partial charge in [0.2, 0.25) is 5.91 Å². The van der Waals surface area contributed by atoms with Gasteiger partial charge in [-0.2, -0.15) is 0 Å². The average Bonchev–Trinajstić information content (AvgIpc) is 3.96. The highest BCUT2D eigenvalue weighted by Crippen LogP contribution is 2.52. The lowest BCUT2D eigenvalue weighted by Crippen LogP contribution is -2.53.